The Labute approximate surface area is 206 Å². The minimum Gasteiger partial charge on any atom is -0.358 e. The first-order valence-corrected chi connectivity index (χ1v) is 11.9. The Morgan fingerprint density at radius 2 is 2.00 bits per heavy atom. The summed E-state index contributed by atoms with van der Waals surface area (Å²) in [5.41, 5.74) is 8.32. The average molecular weight is 474 g/mol. The van der Waals surface area contributed by atoms with Crippen LogP contribution >= 0.6 is 0 Å². The molecule has 1 saturated carbocycles. The van der Waals surface area contributed by atoms with Crippen molar-refractivity contribution in [3.63, 3.8) is 0 Å². The SMILES string of the molecule is C=C(Nc1cncc(-c2ccc3[nH]nc(-c4nc5c(-n6cnc(C)c6)nccc5[nH]4)c3c2)c1)C1CC1. The fourth-order valence-corrected chi connectivity index (χ4v) is 4.52. The molecule has 176 valence electrons. The number of hydrogen-bond donors (Lipinski definition) is 3. The molecule has 0 amide bonds. The molecule has 0 radical (unpaired) electrons. The number of allylic oxidation sites excluding steroid dienone is 1. The van der Waals surface area contributed by atoms with Crippen LogP contribution in [0.25, 0.3) is 50.4 Å². The van der Waals surface area contributed by atoms with Gasteiger partial charge in [-0.3, -0.25) is 14.6 Å². The first kappa shape index (κ1) is 20.6. The highest BCUT2D eigenvalue weighted by Crippen LogP contribution is 2.36. The summed E-state index contributed by atoms with van der Waals surface area (Å²) in [4.78, 5) is 21.6. The van der Waals surface area contributed by atoms with E-state index >= 15 is 0 Å². The van der Waals surface area contributed by atoms with Crippen LogP contribution in [0.2, 0.25) is 0 Å². The fraction of sp³-hybridized carbons (Fsp3) is 0.148. The Morgan fingerprint density at radius 3 is 2.83 bits per heavy atom. The van der Waals surface area contributed by atoms with E-state index in [4.69, 9.17) is 4.98 Å². The van der Waals surface area contributed by atoms with Gasteiger partial charge < -0.3 is 10.3 Å². The highest BCUT2D eigenvalue weighted by molar-refractivity contribution is 5.96. The van der Waals surface area contributed by atoms with Crippen molar-refractivity contribution in [3.8, 4) is 28.5 Å². The predicted octanol–water partition coefficient (Wildman–Crippen LogP) is 5.39. The Balaban J connectivity index is 1.28. The zero-order valence-corrected chi connectivity index (χ0v) is 19.7. The summed E-state index contributed by atoms with van der Waals surface area (Å²) >= 11 is 0. The molecular formula is C27H23N9. The van der Waals surface area contributed by atoms with Crippen molar-refractivity contribution in [2.75, 3.05) is 5.32 Å². The third kappa shape index (κ3) is 3.52. The predicted molar refractivity (Wildman–Crippen MR) is 140 cm³/mol. The van der Waals surface area contributed by atoms with E-state index < -0.39 is 0 Å². The number of benzene rings is 1. The molecule has 0 unspecified atom stereocenters. The molecule has 1 aromatic carbocycles. The monoisotopic (exact) mass is 473 g/mol. The van der Waals surface area contributed by atoms with E-state index in [1.165, 1.54) is 12.8 Å². The van der Waals surface area contributed by atoms with Crippen molar-refractivity contribution < 1.29 is 0 Å². The third-order valence-corrected chi connectivity index (χ3v) is 6.57. The minimum atomic E-state index is 0.579. The number of aryl methyl sites for hydroxylation is 1. The first-order chi connectivity index (χ1) is 17.6. The zero-order valence-electron chi connectivity index (χ0n) is 19.7. The molecule has 1 aliphatic rings. The van der Waals surface area contributed by atoms with Crippen LogP contribution in [0.4, 0.5) is 5.69 Å². The van der Waals surface area contributed by atoms with E-state index in [1.807, 2.05) is 42.2 Å². The van der Waals surface area contributed by atoms with Gasteiger partial charge in [-0.1, -0.05) is 12.6 Å². The van der Waals surface area contributed by atoms with Gasteiger partial charge in [0.25, 0.3) is 0 Å². The molecule has 36 heavy (non-hydrogen) atoms. The standard InChI is InChI=1S/C27H23N9/c1-15-13-36(14-30-15)27-25-23(7-8-29-27)32-26(33-25)24-21-10-18(5-6-22(21)34-35-24)19-9-20(12-28-11-19)31-16(2)17-3-4-17/h5-14,17,31H,2-4H2,1H3,(H,32,33)(H,34,35). The normalized spacial score (nSPS) is 13.5. The Kier molecular flexibility index (Phi) is 4.50. The maximum atomic E-state index is 4.88. The number of rotatable bonds is 6. The van der Waals surface area contributed by atoms with Gasteiger partial charge in [-0.25, -0.2) is 15.0 Å². The topological polar surface area (TPSA) is 113 Å². The number of anilines is 1. The van der Waals surface area contributed by atoms with Crippen molar-refractivity contribution >= 4 is 27.6 Å². The summed E-state index contributed by atoms with van der Waals surface area (Å²) in [5.74, 6) is 1.98. The second-order valence-corrected chi connectivity index (χ2v) is 9.26. The van der Waals surface area contributed by atoms with Gasteiger partial charge in [0.05, 0.1) is 28.6 Å². The molecule has 5 heterocycles. The molecule has 0 atom stereocenters. The van der Waals surface area contributed by atoms with Crippen LogP contribution in [0.1, 0.15) is 18.5 Å². The number of aromatic nitrogens is 8. The molecule has 0 spiro atoms. The van der Waals surface area contributed by atoms with Crippen LogP contribution in [0.3, 0.4) is 0 Å². The number of pyridine rings is 2. The van der Waals surface area contributed by atoms with Crippen molar-refractivity contribution in [3.05, 3.63) is 79.4 Å². The van der Waals surface area contributed by atoms with Crippen molar-refractivity contribution in [1.29, 1.82) is 0 Å². The number of nitrogens with one attached hydrogen (secondary N) is 3. The number of imidazole rings is 2. The van der Waals surface area contributed by atoms with Gasteiger partial charge in [-0.05, 0) is 55.5 Å². The molecule has 1 aliphatic carbocycles. The largest absolute Gasteiger partial charge is 0.358 e. The molecule has 7 rings (SSSR count). The van der Waals surface area contributed by atoms with E-state index in [1.54, 1.807) is 12.5 Å². The van der Waals surface area contributed by atoms with Crippen LogP contribution in [-0.4, -0.2) is 39.7 Å². The lowest BCUT2D eigenvalue weighted by molar-refractivity contribution is 1.00. The summed E-state index contributed by atoms with van der Waals surface area (Å²) in [6, 6.07) is 10.3. The van der Waals surface area contributed by atoms with Crippen LogP contribution in [0.15, 0.2) is 73.7 Å². The number of nitrogens with zero attached hydrogens (tertiary/aromatic N) is 6. The van der Waals surface area contributed by atoms with Gasteiger partial charge in [0.15, 0.2) is 11.6 Å². The highest BCUT2D eigenvalue weighted by Gasteiger charge is 2.24. The summed E-state index contributed by atoms with van der Waals surface area (Å²) in [6.45, 7) is 6.12. The maximum Gasteiger partial charge on any atom is 0.166 e. The Bertz CT molecular complexity index is 1770. The summed E-state index contributed by atoms with van der Waals surface area (Å²) < 4.78 is 1.88. The van der Waals surface area contributed by atoms with E-state index in [0.717, 1.165) is 61.7 Å². The quantitative estimate of drug-likeness (QED) is 0.299. The molecule has 1 fully saturated rings. The molecule has 9 nitrogen and oxygen atoms in total. The van der Waals surface area contributed by atoms with Gasteiger partial charge >= 0.3 is 0 Å². The second-order valence-electron chi connectivity index (χ2n) is 9.26. The van der Waals surface area contributed by atoms with Crippen LogP contribution in [-0.2, 0) is 0 Å². The molecule has 9 heteroatoms. The van der Waals surface area contributed by atoms with E-state index in [-0.39, 0.29) is 0 Å². The van der Waals surface area contributed by atoms with Crippen molar-refractivity contribution in [2.45, 2.75) is 19.8 Å². The number of fused-ring (bicyclic) bond motifs is 2. The van der Waals surface area contributed by atoms with E-state index in [0.29, 0.717) is 11.7 Å². The first-order valence-electron chi connectivity index (χ1n) is 11.9. The van der Waals surface area contributed by atoms with E-state index in [2.05, 4.69) is 60.2 Å². The molecule has 0 saturated heterocycles. The maximum absolute atomic E-state index is 4.88. The van der Waals surface area contributed by atoms with Gasteiger partial charge in [-0.15, -0.1) is 0 Å². The lowest BCUT2D eigenvalue weighted by atomic mass is 10.0. The fourth-order valence-electron chi connectivity index (χ4n) is 4.52. The third-order valence-electron chi connectivity index (χ3n) is 6.57. The molecule has 3 N–H and O–H groups in total. The van der Waals surface area contributed by atoms with Crippen LogP contribution in [0.5, 0.6) is 0 Å². The molecule has 0 aliphatic heterocycles. The molecule has 6 aromatic rings. The van der Waals surface area contributed by atoms with Gasteiger partial charge in [0.1, 0.15) is 17.5 Å². The van der Waals surface area contributed by atoms with Crippen LogP contribution in [0, 0.1) is 12.8 Å². The van der Waals surface area contributed by atoms with Gasteiger partial charge in [0.2, 0.25) is 0 Å². The van der Waals surface area contributed by atoms with Crippen molar-refractivity contribution in [1.82, 2.24) is 39.7 Å². The lowest BCUT2D eigenvalue weighted by Crippen LogP contribution is -2.00. The minimum absolute atomic E-state index is 0.579. The lowest BCUT2D eigenvalue weighted by Gasteiger charge is -2.10. The van der Waals surface area contributed by atoms with E-state index in [9.17, 15) is 0 Å². The highest BCUT2D eigenvalue weighted by atomic mass is 15.2. The zero-order chi connectivity index (χ0) is 24.2. The second kappa shape index (κ2) is 7.88. The molecule has 5 aromatic heterocycles. The molecular weight excluding hydrogens is 450 g/mol. The number of H-pyrrole nitrogens is 2. The number of hydrogen-bond acceptors (Lipinski definition) is 6. The Morgan fingerprint density at radius 1 is 1.08 bits per heavy atom. The molecule has 0 bridgehead atoms. The Hall–Kier alpha value is -4.79. The summed E-state index contributed by atoms with van der Waals surface area (Å²) in [6.07, 6.45) is 11.6. The smallest absolute Gasteiger partial charge is 0.166 e. The van der Waals surface area contributed by atoms with Gasteiger partial charge in [-0.2, -0.15) is 5.10 Å². The van der Waals surface area contributed by atoms with Gasteiger partial charge in [0, 0.05) is 35.2 Å². The van der Waals surface area contributed by atoms with Crippen molar-refractivity contribution in [2.24, 2.45) is 5.92 Å². The van der Waals surface area contributed by atoms with Crippen LogP contribution < -0.4 is 5.32 Å². The average Bonchev–Trinajstić information content (AvgIpc) is 3.30. The summed E-state index contributed by atoms with van der Waals surface area (Å²) in [7, 11) is 0. The summed E-state index contributed by atoms with van der Waals surface area (Å²) in [5, 5.41) is 12.1. The number of aromatic amines is 2.